The average molecular weight is 281 g/mol. The summed E-state index contributed by atoms with van der Waals surface area (Å²) in [6.07, 6.45) is 3.25. The van der Waals surface area contributed by atoms with Crippen LogP contribution in [0, 0.1) is 0 Å². The molecule has 1 aliphatic carbocycles. The molecular weight excluding hydrogens is 262 g/mol. The number of carbonyl (C=O) groups is 1. The van der Waals surface area contributed by atoms with Crippen LogP contribution in [0.15, 0.2) is 48.5 Å². The molecule has 1 unspecified atom stereocenters. The Balaban J connectivity index is 1.69. The molecular formula is C17H19N3O. The molecule has 3 rings (SSSR count). The van der Waals surface area contributed by atoms with Crippen molar-refractivity contribution in [3.8, 4) is 0 Å². The highest BCUT2D eigenvalue weighted by atomic mass is 16.2. The van der Waals surface area contributed by atoms with Crippen LogP contribution in [-0.4, -0.2) is 12.1 Å². The van der Waals surface area contributed by atoms with Gasteiger partial charge >= 0.3 is 6.03 Å². The number of amides is 2. The lowest BCUT2D eigenvalue weighted by Gasteiger charge is -2.26. The number of carbonyl (C=O) groups excluding carboxylic acids is 1. The number of benzene rings is 2. The van der Waals surface area contributed by atoms with E-state index in [0.717, 1.165) is 24.9 Å². The summed E-state index contributed by atoms with van der Waals surface area (Å²) in [4.78, 5) is 10.9. The van der Waals surface area contributed by atoms with Gasteiger partial charge in [-0.1, -0.05) is 30.3 Å². The van der Waals surface area contributed by atoms with Crippen LogP contribution in [0.3, 0.4) is 0 Å². The Labute approximate surface area is 124 Å². The van der Waals surface area contributed by atoms with E-state index in [1.165, 1.54) is 11.1 Å². The highest BCUT2D eigenvalue weighted by molar-refractivity contribution is 5.88. The average Bonchev–Trinajstić information content (AvgIpc) is 2.47. The third-order valence-corrected chi connectivity index (χ3v) is 3.85. The standard InChI is InChI=1S/C17H19N3O/c18-17(21)20-15-7-3-6-14(11-15)19-16-9-8-12-4-1-2-5-13(12)10-16/h1-7,11,16,19H,8-10H2,(H3,18,20,21). The maximum absolute atomic E-state index is 10.9. The number of rotatable bonds is 3. The third kappa shape index (κ3) is 3.34. The normalized spacial score (nSPS) is 16.9. The topological polar surface area (TPSA) is 67.2 Å². The molecule has 4 N–H and O–H groups in total. The van der Waals surface area contributed by atoms with Crippen LogP contribution < -0.4 is 16.4 Å². The van der Waals surface area contributed by atoms with Crippen LogP contribution in [0.5, 0.6) is 0 Å². The number of nitrogens with one attached hydrogen (secondary N) is 2. The molecule has 0 radical (unpaired) electrons. The summed E-state index contributed by atoms with van der Waals surface area (Å²) in [5, 5.41) is 6.14. The SMILES string of the molecule is NC(=O)Nc1cccc(NC2CCc3ccccc3C2)c1. The van der Waals surface area contributed by atoms with Crippen molar-refractivity contribution in [3.05, 3.63) is 59.7 Å². The van der Waals surface area contributed by atoms with Crippen molar-refractivity contribution in [1.29, 1.82) is 0 Å². The van der Waals surface area contributed by atoms with Crippen LogP contribution in [-0.2, 0) is 12.8 Å². The van der Waals surface area contributed by atoms with E-state index in [1.807, 2.05) is 24.3 Å². The minimum Gasteiger partial charge on any atom is -0.382 e. The van der Waals surface area contributed by atoms with E-state index >= 15 is 0 Å². The zero-order valence-electron chi connectivity index (χ0n) is 11.8. The Kier molecular flexibility index (Phi) is 3.77. The number of hydrogen-bond donors (Lipinski definition) is 3. The van der Waals surface area contributed by atoms with Crippen molar-refractivity contribution >= 4 is 17.4 Å². The van der Waals surface area contributed by atoms with Gasteiger partial charge in [-0.2, -0.15) is 0 Å². The molecule has 1 aliphatic rings. The molecule has 0 saturated carbocycles. The maximum Gasteiger partial charge on any atom is 0.316 e. The molecule has 0 saturated heterocycles. The molecule has 2 amide bonds. The number of hydrogen-bond acceptors (Lipinski definition) is 2. The van der Waals surface area contributed by atoms with Gasteiger partial charge in [0, 0.05) is 17.4 Å². The minimum atomic E-state index is -0.543. The first-order chi connectivity index (χ1) is 10.2. The quantitative estimate of drug-likeness (QED) is 0.809. The summed E-state index contributed by atoms with van der Waals surface area (Å²) in [5.41, 5.74) is 9.74. The molecule has 4 heteroatoms. The molecule has 21 heavy (non-hydrogen) atoms. The highest BCUT2D eigenvalue weighted by Crippen LogP contribution is 2.24. The molecule has 4 nitrogen and oxygen atoms in total. The molecule has 0 aromatic heterocycles. The monoisotopic (exact) mass is 281 g/mol. The molecule has 0 spiro atoms. The summed E-state index contributed by atoms with van der Waals surface area (Å²) < 4.78 is 0. The molecule has 2 aromatic carbocycles. The van der Waals surface area contributed by atoms with E-state index in [4.69, 9.17) is 5.73 Å². The second-order valence-electron chi connectivity index (χ2n) is 5.42. The van der Waals surface area contributed by atoms with Gasteiger partial charge in [0.05, 0.1) is 0 Å². The number of fused-ring (bicyclic) bond motifs is 1. The number of urea groups is 1. The van der Waals surface area contributed by atoms with Gasteiger partial charge < -0.3 is 16.4 Å². The summed E-state index contributed by atoms with van der Waals surface area (Å²) in [5.74, 6) is 0. The molecule has 1 atom stereocenters. The van der Waals surface area contributed by atoms with Crippen molar-refractivity contribution in [1.82, 2.24) is 0 Å². The highest BCUT2D eigenvalue weighted by Gasteiger charge is 2.17. The molecule has 0 heterocycles. The van der Waals surface area contributed by atoms with Crippen molar-refractivity contribution in [3.63, 3.8) is 0 Å². The van der Waals surface area contributed by atoms with Gasteiger partial charge in [-0.3, -0.25) is 0 Å². The maximum atomic E-state index is 10.9. The van der Waals surface area contributed by atoms with E-state index in [9.17, 15) is 4.79 Å². The lowest BCUT2D eigenvalue weighted by molar-refractivity contribution is 0.259. The van der Waals surface area contributed by atoms with E-state index in [2.05, 4.69) is 34.9 Å². The smallest absolute Gasteiger partial charge is 0.316 e. The van der Waals surface area contributed by atoms with Gasteiger partial charge in [0.25, 0.3) is 0 Å². The van der Waals surface area contributed by atoms with Gasteiger partial charge in [-0.15, -0.1) is 0 Å². The Morgan fingerprint density at radius 3 is 2.62 bits per heavy atom. The van der Waals surface area contributed by atoms with E-state index < -0.39 is 6.03 Å². The zero-order chi connectivity index (χ0) is 14.7. The van der Waals surface area contributed by atoms with Gasteiger partial charge in [0.1, 0.15) is 0 Å². The Hall–Kier alpha value is -2.49. The zero-order valence-corrected chi connectivity index (χ0v) is 11.8. The van der Waals surface area contributed by atoms with Gasteiger partial charge in [0.15, 0.2) is 0 Å². The molecule has 108 valence electrons. The van der Waals surface area contributed by atoms with Crippen LogP contribution in [0.25, 0.3) is 0 Å². The number of aryl methyl sites for hydroxylation is 1. The van der Waals surface area contributed by atoms with Crippen molar-refractivity contribution in [2.75, 3.05) is 10.6 Å². The van der Waals surface area contributed by atoms with E-state index in [1.54, 1.807) is 0 Å². The van der Waals surface area contributed by atoms with Crippen molar-refractivity contribution in [2.45, 2.75) is 25.3 Å². The van der Waals surface area contributed by atoms with E-state index in [0.29, 0.717) is 11.7 Å². The minimum absolute atomic E-state index is 0.420. The predicted octanol–water partition coefficient (Wildman–Crippen LogP) is 3.15. The molecule has 2 aromatic rings. The van der Waals surface area contributed by atoms with Crippen molar-refractivity contribution < 1.29 is 4.79 Å². The third-order valence-electron chi connectivity index (χ3n) is 3.85. The molecule has 0 aliphatic heterocycles. The van der Waals surface area contributed by atoms with Crippen LogP contribution in [0.2, 0.25) is 0 Å². The number of nitrogens with two attached hydrogens (primary N) is 1. The molecule has 0 fully saturated rings. The Morgan fingerprint density at radius 1 is 1.05 bits per heavy atom. The summed E-state index contributed by atoms with van der Waals surface area (Å²) >= 11 is 0. The summed E-state index contributed by atoms with van der Waals surface area (Å²) in [6, 6.07) is 16.1. The Bertz CT molecular complexity index is 654. The second-order valence-corrected chi connectivity index (χ2v) is 5.42. The lowest BCUT2D eigenvalue weighted by Crippen LogP contribution is -2.27. The number of primary amides is 1. The Morgan fingerprint density at radius 2 is 1.81 bits per heavy atom. The fraction of sp³-hybridized carbons (Fsp3) is 0.235. The van der Waals surface area contributed by atoms with Gasteiger partial charge in [-0.25, -0.2) is 4.79 Å². The molecule has 0 bridgehead atoms. The van der Waals surface area contributed by atoms with Crippen LogP contribution in [0.1, 0.15) is 17.5 Å². The first-order valence-corrected chi connectivity index (χ1v) is 7.20. The van der Waals surface area contributed by atoms with Gasteiger partial charge in [0.2, 0.25) is 0 Å². The fourth-order valence-electron chi connectivity index (χ4n) is 2.89. The largest absolute Gasteiger partial charge is 0.382 e. The summed E-state index contributed by atoms with van der Waals surface area (Å²) in [7, 11) is 0. The van der Waals surface area contributed by atoms with Crippen molar-refractivity contribution in [2.24, 2.45) is 5.73 Å². The summed E-state index contributed by atoms with van der Waals surface area (Å²) in [6.45, 7) is 0. The second kappa shape index (κ2) is 5.87. The number of anilines is 2. The van der Waals surface area contributed by atoms with Crippen LogP contribution in [0.4, 0.5) is 16.2 Å². The first-order valence-electron chi connectivity index (χ1n) is 7.20. The fourth-order valence-corrected chi connectivity index (χ4v) is 2.89. The first kappa shape index (κ1) is 13.5. The predicted molar refractivity (Wildman–Crippen MR) is 85.5 cm³/mol. The van der Waals surface area contributed by atoms with E-state index in [-0.39, 0.29) is 0 Å². The lowest BCUT2D eigenvalue weighted by atomic mass is 9.88. The van der Waals surface area contributed by atoms with Gasteiger partial charge in [-0.05, 0) is 48.6 Å². The van der Waals surface area contributed by atoms with Crippen LogP contribution >= 0.6 is 0 Å².